The van der Waals surface area contributed by atoms with Gasteiger partial charge in [-0.05, 0) is 6.07 Å². The number of H-pyrrole nitrogens is 1. The third-order valence-corrected chi connectivity index (χ3v) is 2.16. The van der Waals surface area contributed by atoms with Crippen LogP contribution in [0.5, 0.6) is 0 Å². The van der Waals surface area contributed by atoms with E-state index in [1.165, 1.54) is 0 Å². The van der Waals surface area contributed by atoms with Gasteiger partial charge in [0.25, 0.3) is 5.91 Å². The molecule has 1 aromatic rings. The van der Waals surface area contributed by atoms with Gasteiger partial charge in [-0.2, -0.15) is 10.2 Å². The molecule has 1 aliphatic rings. The van der Waals surface area contributed by atoms with Gasteiger partial charge in [0.05, 0.1) is 12.2 Å². The molecule has 0 bridgehead atoms. The Labute approximate surface area is 91.3 Å². The molecule has 2 amide bonds. The van der Waals surface area contributed by atoms with Gasteiger partial charge in [-0.3, -0.25) is 14.7 Å². The molecule has 0 saturated heterocycles. The maximum absolute atomic E-state index is 11.6. The second kappa shape index (κ2) is 4.56. The van der Waals surface area contributed by atoms with Gasteiger partial charge in [0.15, 0.2) is 0 Å². The van der Waals surface area contributed by atoms with E-state index in [9.17, 15) is 9.59 Å². The fourth-order valence-corrected chi connectivity index (χ4v) is 1.30. The number of aromatic amines is 1. The summed E-state index contributed by atoms with van der Waals surface area (Å²) in [6, 6.07) is 1.77. The Morgan fingerprint density at radius 2 is 2.38 bits per heavy atom. The number of nitrogens with zero attached hydrogens (tertiary/aromatic N) is 2. The van der Waals surface area contributed by atoms with Crippen LogP contribution < -0.4 is 10.7 Å². The highest BCUT2D eigenvalue weighted by Crippen LogP contribution is 2.00. The quantitative estimate of drug-likeness (QED) is 0.628. The first-order valence-corrected chi connectivity index (χ1v) is 4.87. The zero-order valence-corrected chi connectivity index (χ0v) is 8.49. The monoisotopic (exact) mass is 221 g/mol. The van der Waals surface area contributed by atoms with E-state index >= 15 is 0 Å². The third kappa shape index (κ3) is 2.44. The summed E-state index contributed by atoms with van der Waals surface area (Å²) >= 11 is 0. The molecule has 0 saturated carbocycles. The van der Waals surface area contributed by atoms with Crippen molar-refractivity contribution in [2.45, 2.75) is 19.4 Å². The van der Waals surface area contributed by atoms with Gasteiger partial charge in [-0.15, -0.1) is 0 Å². The molecule has 2 rings (SSSR count). The van der Waals surface area contributed by atoms with Crippen LogP contribution in [0.3, 0.4) is 0 Å². The fourth-order valence-electron chi connectivity index (χ4n) is 1.30. The number of amides is 2. The van der Waals surface area contributed by atoms with E-state index in [0.717, 1.165) is 5.69 Å². The first-order valence-electron chi connectivity index (χ1n) is 4.87. The fraction of sp³-hybridized carbons (Fsp3) is 0.333. The van der Waals surface area contributed by atoms with E-state index < -0.39 is 0 Å². The van der Waals surface area contributed by atoms with Gasteiger partial charge in [0, 0.05) is 19.0 Å². The molecule has 3 N–H and O–H groups in total. The minimum absolute atomic E-state index is 0.162. The van der Waals surface area contributed by atoms with E-state index in [2.05, 4.69) is 26.0 Å². The number of hydrogen-bond donors (Lipinski definition) is 3. The van der Waals surface area contributed by atoms with Gasteiger partial charge < -0.3 is 5.32 Å². The molecule has 0 aromatic carbocycles. The zero-order valence-electron chi connectivity index (χ0n) is 8.49. The Balaban J connectivity index is 1.86. The predicted molar refractivity (Wildman–Crippen MR) is 55.2 cm³/mol. The van der Waals surface area contributed by atoms with Crippen LogP contribution in [-0.2, 0) is 16.1 Å². The molecule has 7 heteroatoms. The van der Waals surface area contributed by atoms with Gasteiger partial charge in [0.2, 0.25) is 5.91 Å². The molecule has 16 heavy (non-hydrogen) atoms. The van der Waals surface area contributed by atoms with Crippen molar-refractivity contribution in [1.29, 1.82) is 0 Å². The van der Waals surface area contributed by atoms with E-state index in [0.29, 0.717) is 25.1 Å². The Morgan fingerprint density at radius 1 is 1.50 bits per heavy atom. The zero-order chi connectivity index (χ0) is 11.4. The molecule has 7 nitrogen and oxygen atoms in total. The van der Waals surface area contributed by atoms with Crippen molar-refractivity contribution < 1.29 is 9.59 Å². The van der Waals surface area contributed by atoms with Crippen molar-refractivity contribution >= 4 is 17.5 Å². The number of hydrazone groups is 1. The first-order chi connectivity index (χ1) is 7.75. The minimum atomic E-state index is -0.269. The number of hydrogen-bond acceptors (Lipinski definition) is 4. The average molecular weight is 221 g/mol. The Bertz CT molecular complexity index is 423. The van der Waals surface area contributed by atoms with Crippen molar-refractivity contribution in [1.82, 2.24) is 20.9 Å². The Hall–Kier alpha value is -2.18. The number of rotatable bonds is 3. The lowest BCUT2D eigenvalue weighted by Crippen LogP contribution is -2.36. The van der Waals surface area contributed by atoms with Crippen LogP contribution in [0.2, 0.25) is 0 Å². The number of carbonyl (C=O) groups is 2. The summed E-state index contributed by atoms with van der Waals surface area (Å²) in [7, 11) is 0. The molecule has 1 aromatic heterocycles. The lowest BCUT2D eigenvalue weighted by molar-refractivity contribution is -0.121. The van der Waals surface area contributed by atoms with Crippen molar-refractivity contribution in [2.24, 2.45) is 5.10 Å². The maximum Gasteiger partial charge on any atom is 0.267 e. The molecular weight excluding hydrogens is 210 g/mol. The van der Waals surface area contributed by atoms with Gasteiger partial charge in [-0.25, -0.2) is 5.43 Å². The van der Waals surface area contributed by atoms with E-state index in [-0.39, 0.29) is 11.8 Å². The Kier molecular flexibility index (Phi) is 2.95. The summed E-state index contributed by atoms with van der Waals surface area (Å²) in [5.74, 6) is -0.431. The van der Waals surface area contributed by atoms with Crippen LogP contribution in [0.15, 0.2) is 17.4 Å². The average Bonchev–Trinajstić information content (AvgIpc) is 2.80. The van der Waals surface area contributed by atoms with Crippen LogP contribution in [0.4, 0.5) is 0 Å². The van der Waals surface area contributed by atoms with Crippen LogP contribution >= 0.6 is 0 Å². The summed E-state index contributed by atoms with van der Waals surface area (Å²) in [6.07, 6.45) is 2.29. The summed E-state index contributed by atoms with van der Waals surface area (Å²) in [5, 5.41) is 12.9. The second-order valence-electron chi connectivity index (χ2n) is 3.36. The molecule has 0 radical (unpaired) electrons. The minimum Gasteiger partial charge on any atom is -0.345 e. The molecular formula is C9H11N5O2. The first kappa shape index (κ1) is 10.3. The molecule has 0 unspecified atom stereocenters. The van der Waals surface area contributed by atoms with Crippen molar-refractivity contribution in [2.75, 3.05) is 0 Å². The number of carbonyl (C=O) groups excluding carboxylic acids is 2. The molecule has 0 fully saturated rings. The van der Waals surface area contributed by atoms with Crippen LogP contribution in [-0.4, -0.2) is 27.7 Å². The van der Waals surface area contributed by atoms with Crippen LogP contribution in [0.1, 0.15) is 18.5 Å². The summed E-state index contributed by atoms with van der Waals surface area (Å²) in [5.41, 5.74) is 3.43. The van der Waals surface area contributed by atoms with Crippen LogP contribution in [0.25, 0.3) is 0 Å². The molecule has 0 aliphatic carbocycles. The van der Waals surface area contributed by atoms with Gasteiger partial charge >= 0.3 is 0 Å². The number of nitrogens with one attached hydrogen (secondary N) is 3. The van der Waals surface area contributed by atoms with Gasteiger partial charge in [-0.1, -0.05) is 0 Å². The summed E-state index contributed by atoms with van der Waals surface area (Å²) < 4.78 is 0. The second-order valence-corrected chi connectivity index (χ2v) is 3.36. The molecule has 0 atom stereocenters. The molecule has 84 valence electrons. The predicted octanol–water partition coefficient (Wildman–Crippen LogP) is -0.708. The SMILES string of the molecule is O=C1CCC(C(=O)NCc2ccn[nH]2)=NN1. The highest BCUT2D eigenvalue weighted by molar-refractivity contribution is 6.39. The lowest BCUT2D eigenvalue weighted by Gasteiger charge is -2.11. The normalized spacial score (nSPS) is 15.2. The van der Waals surface area contributed by atoms with E-state index in [4.69, 9.17) is 0 Å². The Morgan fingerprint density at radius 3 is 3.00 bits per heavy atom. The largest absolute Gasteiger partial charge is 0.345 e. The summed E-state index contributed by atoms with van der Waals surface area (Å²) in [4.78, 5) is 22.4. The van der Waals surface area contributed by atoms with Crippen LogP contribution in [0, 0.1) is 0 Å². The highest BCUT2D eigenvalue weighted by atomic mass is 16.2. The topological polar surface area (TPSA) is 99.2 Å². The third-order valence-electron chi connectivity index (χ3n) is 2.16. The molecule has 1 aliphatic heterocycles. The molecule has 0 spiro atoms. The van der Waals surface area contributed by atoms with Crippen molar-refractivity contribution in [3.05, 3.63) is 18.0 Å². The standard InChI is InChI=1S/C9H11N5O2/c15-8-2-1-7(13-14-8)9(16)10-5-6-3-4-11-12-6/h3-4H,1-2,5H2,(H,10,16)(H,11,12)(H,14,15). The van der Waals surface area contributed by atoms with E-state index in [1.807, 2.05) is 0 Å². The highest BCUT2D eigenvalue weighted by Gasteiger charge is 2.17. The smallest absolute Gasteiger partial charge is 0.267 e. The maximum atomic E-state index is 11.6. The van der Waals surface area contributed by atoms with Crippen molar-refractivity contribution in [3.8, 4) is 0 Å². The summed E-state index contributed by atoms with van der Waals surface area (Å²) in [6.45, 7) is 0.367. The number of aromatic nitrogens is 2. The van der Waals surface area contributed by atoms with E-state index in [1.54, 1.807) is 12.3 Å². The van der Waals surface area contributed by atoms with Gasteiger partial charge in [0.1, 0.15) is 5.71 Å². The molecule has 2 heterocycles. The van der Waals surface area contributed by atoms with Crippen molar-refractivity contribution in [3.63, 3.8) is 0 Å². The lowest BCUT2D eigenvalue weighted by atomic mass is 10.1.